The molecule has 0 radical (unpaired) electrons. The summed E-state index contributed by atoms with van der Waals surface area (Å²) in [4.78, 5) is 49.5. The van der Waals surface area contributed by atoms with E-state index >= 15 is 0 Å². The van der Waals surface area contributed by atoms with Crippen LogP contribution in [-0.4, -0.2) is 60.4 Å². The first-order valence-corrected chi connectivity index (χ1v) is 13.1. The first kappa shape index (κ1) is 26.6. The van der Waals surface area contributed by atoms with Crippen molar-refractivity contribution in [3.05, 3.63) is 53.5 Å². The van der Waals surface area contributed by atoms with E-state index < -0.39 is 12.1 Å². The molecule has 1 aliphatic carbocycles. The number of aryl methyl sites for hydroxylation is 1. The summed E-state index contributed by atoms with van der Waals surface area (Å²) in [6, 6.07) is 4.06. The molecule has 204 valence electrons. The highest BCUT2D eigenvalue weighted by molar-refractivity contribution is 6.06. The number of benzene rings is 1. The number of halogens is 1. The Labute approximate surface area is 226 Å². The van der Waals surface area contributed by atoms with Crippen LogP contribution in [-0.2, 0) is 16.1 Å². The van der Waals surface area contributed by atoms with Crippen LogP contribution in [0.3, 0.4) is 0 Å². The molecule has 39 heavy (non-hydrogen) atoms. The highest BCUT2D eigenvalue weighted by Gasteiger charge is 2.64. The third-order valence-electron chi connectivity index (χ3n) is 7.93. The Morgan fingerprint density at radius 1 is 1.13 bits per heavy atom. The van der Waals surface area contributed by atoms with Crippen molar-refractivity contribution >= 4 is 28.5 Å². The minimum atomic E-state index is -0.773. The smallest absolute Gasteiger partial charge is 0.245 e. The molecule has 3 heterocycles. The molecule has 2 fully saturated rings. The molecule has 4 atom stereocenters. The van der Waals surface area contributed by atoms with Gasteiger partial charge in [0.2, 0.25) is 11.8 Å². The van der Waals surface area contributed by atoms with Crippen molar-refractivity contribution in [2.45, 2.75) is 79.1 Å². The van der Waals surface area contributed by atoms with Gasteiger partial charge in [0, 0.05) is 36.3 Å². The number of nitrogens with one attached hydrogen (secondary N) is 1. The van der Waals surface area contributed by atoms with Crippen LogP contribution in [0.4, 0.5) is 4.39 Å². The van der Waals surface area contributed by atoms with Gasteiger partial charge in [-0.2, -0.15) is 5.10 Å². The van der Waals surface area contributed by atoms with Crippen LogP contribution >= 0.6 is 0 Å². The van der Waals surface area contributed by atoms with Gasteiger partial charge in [0.25, 0.3) is 0 Å². The van der Waals surface area contributed by atoms with E-state index in [-0.39, 0.29) is 47.1 Å². The zero-order valence-electron chi connectivity index (χ0n) is 23.1. The lowest BCUT2D eigenvalue weighted by atomic mass is 10.0. The standard InChI is InChI=1S/C29H33FN6O3/c1-15(2)26(30)16(3)33-28(39)23-10-29(6)11-24(29)36(23)25(38)14-35-22-8-7-19(20-12-31-18(5)32-13-20)9-21(22)27(34-35)17(4)37/h7-9,12-13,16,23-24H,10-11,14H2,1-6H3,(H,33,39)/t16-,23-,24+,29?/m0/s1. The fourth-order valence-electron chi connectivity index (χ4n) is 5.66. The summed E-state index contributed by atoms with van der Waals surface area (Å²) in [7, 11) is 0. The Morgan fingerprint density at radius 2 is 1.82 bits per heavy atom. The largest absolute Gasteiger partial charge is 0.345 e. The van der Waals surface area contributed by atoms with Gasteiger partial charge in [0.05, 0.1) is 11.6 Å². The molecule has 10 heteroatoms. The number of carbonyl (C=O) groups is 3. The Morgan fingerprint density at radius 3 is 2.46 bits per heavy atom. The summed E-state index contributed by atoms with van der Waals surface area (Å²) in [6.45, 7) is 10.1. The van der Waals surface area contributed by atoms with Gasteiger partial charge in [-0.25, -0.2) is 14.4 Å². The van der Waals surface area contributed by atoms with Crippen molar-refractivity contribution in [2.75, 3.05) is 0 Å². The number of rotatable bonds is 7. The molecule has 1 unspecified atom stereocenters. The molecule has 5 rings (SSSR count). The lowest BCUT2D eigenvalue weighted by Crippen LogP contribution is -2.50. The van der Waals surface area contributed by atoms with E-state index in [1.165, 1.54) is 11.6 Å². The van der Waals surface area contributed by atoms with Crippen molar-refractivity contribution in [2.24, 2.45) is 5.41 Å². The molecule has 2 amide bonds. The second-order valence-corrected chi connectivity index (χ2v) is 11.3. The minimum absolute atomic E-state index is 0.0494. The minimum Gasteiger partial charge on any atom is -0.345 e. The number of ketones is 1. The SMILES string of the molecule is CC(=O)c1nn(CC(=O)N2[C@H](C(=O)N[C@@H](C)C(F)=C(C)C)CC3(C)C[C@@H]23)c2ccc(-c3cnc(C)nc3)cc12. The maximum Gasteiger partial charge on any atom is 0.245 e. The van der Waals surface area contributed by atoms with Gasteiger partial charge in [-0.15, -0.1) is 0 Å². The number of hydrogen-bond acceptors (Lipinski definition) is 6. The molecule has 2 aliphatic rings. The number of amides is 2. The molecule has 1 saturated heterocycles. The van der Waals surface area contributed by atoms with E-state index in [0.717, 1.165) is 17.5 Å². The normalized spacial score (nSPS) is 22.4. The number of carbonyl (C=O) groups excluding carboxylic acids is 3. The van der Waals surface area contributed by atoms with E-state index in [9.17, 15) is 18.8 Å². The summed E-state index contributed by atoms with van der Waals surface area (Å²) in [5.74, 6) is -0.556. The first-order valence-electron chi connectivity index (χ1n) is 13.1. The van der Waals surface area contributed by atoms with Crippen molar-refractivity contribution in [1.29, 1.82) is 0 Å². The average Bonchev–Trinajstić information content (AvgIpc) is 3.25. The fraction of sp³-hybridized carbons (Fsp3) is 0.448. The number of Topliss-reactive ketones (excluding diaryl/α,β-unsaturated/α-hetero) is 1. The van der Waals surface area contributed by atoms with Crippen LogP contribution in [0.1, 0.15) is 63.8 Å². The predicted molar refractivity (Wildman–Crippen MR) is 144 cm³/mol. The summed E-state index contributed by atoms with van der Waals surface area (Å²) in [6.07, 6.45) is 4.79. The molecular formula is C29H33FN6O3. The molecule has 2 aromatic heterocycles. The molecule has 0 bridgehead atoms. The molecule has 9 nitrogen and oxygen atoms in total. The Bertz CT molecular complexity index is 1520. The van der Waals surface area contributed by atoms with Gasteiger partial charge in [-0.05, 0) is 69.2 Å². The zero-order chi connectivity index (χ0) is 28.2. The number of allylic oxidation sites excluding steroid dienone is 1. The maximum absolute atomic E-state index is 14.4. The summed E-state index contributed by atoms with van der Waals surface area (Å²) in [5, 5.41) is 7.87. The highest BCUT2D eigenvalue weighted by Crippen LogP contribution is 2.59. The van der Waals surface area contributed by atoms with Crippen molar-refractivity contribution in [1.82, 2.24) is 30.0 Å². The number of hydrogen-bond donors (Lipinski definition) is 1. The third kappa shape index (κ3) is 4.84. The van der Waals surface area contributed by atoms with Crippen LogP contribution in [0.15, 0.2) is 42.0 Å². The second-order valence-electron chi connectivity index (χ2n) is 11.3. The van der Waals surface area contributed by atoms with Crippen LogP contribution in [0.25, 0.3) is 22.0 Å². The second kappa shape index (κ2) is 9.66. The summed E-state index contributed by atoms with van der Waals surface area (Å²) in [5.41, 5.74) is 2.92. The molecule has 3 aromatic rings. The monoisotopic (exact) mass is 532 g/mol. The highest BCUT2D eigenvalue weighted by atomic mass is 19.1. The van der Waals surface area contributed by atoms with Gasteiger partial charge in [-0.3, -0.25) is 19.1 Å². The van der Waals surface area contributed by atoms with Gasteiger partial charge < -0.3 is 10.2 Å². The Hall–Kier alpha value is -3.95. The number of nitrogens with zero attached hydrogens (tertiary/aromatic N) is 5. The number of fused-ring (bicyclic) bond motifs is 2. The first-order chi connectivity index (χ1) is 18.4. The van der Waals surface area contributed by atoms with Crippen molar-refractivity contribution in [3.63, 3.8) is 0 Å². The van der Waals surface area contributed by atoms with Gasteiger partial charge in [0.15, 0.2) is 5.78 Å². The van der Waals surface area contributed by atoms with Gasteiger partial charge in [-0.1, -0.05) is 13.0 Å². The molecule has 1 N–H and O–H groups in total. The predicted octanol–water partition coefficient (Wildman–Crippen LogP) is 4.15. The molecule has 1 aliphatic heterocycles. The zero-order valence-corrected chi connectivity index (χ0v) is 23.1. The molecule has 1 saturated carbocycles. The van der Waals surface area contributed by atoms with E-state index in [1.54, 1.807) is 38.1 Å². The average molecular weight is 533 g/mol. The van der Waals surface area contributed by atoms with Crippen LogP contribution in [0.5, 0.6) is 0 Å². The van der Waals surface area contributed by atoms with Crippen LogP contribution in [0, 0.1) is 12.3 Å². The van der Waals surface area contributed by atoms with E-state index in [1.807, 2.05) is 25.1 Å². The third-order valence-corrected chi connectivity index (χ3v) is 7.93. The topological polar surface area (TPSA) is 110 Å². The van der Waals surface area contributed by atoms with Crippen molar-refractivity contribution < 1.29 is 18.8 Å². The maximum atomic E-state index is 14.4. The Balaban J connectivity index is 1.42. The van der Waals surface area contributed by atoms with E-state index in [0.29, 0.717) is 28.7 Å². The van der Waals surface area contributed by atoms with Gasteiger partial charge >= 0.3 is 0 Å². The lowest BCUT2D eigenvalue weighted by Gasteiger charge is -2.28. The van der Waals surface area contributed by atoms with Crippen molar-refractivity contribution in [3.8, 4) is 11.1 Å². The number of piperidine rings is 1. The lowest BCUT2D eigenvalue weighted by molar-refractivity contribution is -0.140. The molecule has 0 spiro atoms. The number of aromatic nitrogens is 4. The molecule has 1 aromatic carbocycles. The van der Waals surface area contributed by atoms with Crippen LogP contribution < -0.4 is 5.32 Å². The summed E-state index contributed by atoms with van der Waals surface area (Å²) < 4.78 is 15.9. The van der Waals surface area contributed by atoms with Crippen LogP contribution in [0.2, 0.25) is 0 Å². The Kier molecular flexibility index (Phi) is 6.60. The van der Waals surface area contributed by atoms with E-state index in [2.05, 4.69) is 27.3 Å². The van der Waals surface area contributed by atoms with Gasteiger partial charge in [0.1, 0.15) is 29.9 Å². The molecular weight excluding hydrogens is 499 g/mol. The quantitative estimate of drug-likeness (QED) is 0.458. The van der Waals surface area contributed by atoms with E-state index in [4.69, 9.17) is 0 Å². The number of likely N-dealkylation sites (tertiary alicyclic amines) is 1. The fourth-order valence-corrected chi connectivity index (χ4v) is 5.66. The summed E-state index contributed by atoms with van der Waals surface area (Å²) >= 11 is 0.